The van der Waals surface area contributed by atoms with Gasteiger partial charge in [-0.2, -0.15) is 0 Å². The van der Waals surface area contributed by atoms with Gasteiger partial charge < -0.3 is 21.5 Å². The van der Waals surface area contributed by atoms with Crippen molar-refractivity contribution in [2.24, 2.45) is 5.73 Å². The number of carboxylic acids is 1. The first-order chi connectivity index (χ1) is 13.0. The van der Waals surface area contributed by atoms with Gasteiger partial charge in [-0.05, 0) is 19.3 Å². The minimum Gasteiger partial charge on any atom is -0.480 e. The lowest BCUT2D eigenvalue weighted by atomic mass is 10.0. The molecule has 0 saturated carbocycles. The number of primary amides is 1. The van der Waals surface area contributed by atoms with Gasteiger partial charge >= 0.3 is 12.0 Å². The second-order valence-corrected chi connectivity index (χ2v) is 7.18. The van der Waals surface area contributed by atoms with E-state index in [9.17, 15) is 14.4 Å². The molecule has 7 heteroatoms. The minimum atomic E-state index is -1.05. The maximum absolute atomic E-state index is 11.9. The summed E-state index contributed by atoms with van der Waals surface area (Å²) < 4.78 is 0. The van der Waals surface area contributed by atoms with Gasteiger partial charge in [0.05, 0.1) is 0 Å². The van der Waals surface area contributed by atoms with Gasteiger partial charge in [-0.15, -0.1) is 0 Å². The quantitative estimate of drug-likeness (QED) is 0.269. The molecule has 0 fully saturated rings. The molecule has 0 aromatic carbocycles. The van der Waals surface area contributed by atoms with Crippen molar-refractivity contribution >= 4 is 17.9 Å². The normalized spacial score (nSPS) is 11.7. The summed E-state index contributed by atoms with van der Waals surface area (Å²) in [4.78, 5) is 33.7. The first-order valence-electron chi connectivity index (χ1n) is 10.5. The van der Waals surface area contributed by atoms with E-state index < -0.39 is 18.0 Å². The van der Waals surface area contributed by atoms with Gasteiger partial charge in [0, 0.05) is 13.0 Å². The molecule has 3 amide bonds. The van der Waals surface area contributed by atoms with Crippen LogP contribution in [0.3, 0.4) is 0 Å². The van der Waals surface area contributed by atoms with Crippen LogP contribution >= 0.6 is 0 Å². The van der Waals surface area contributed by atoms with Gasteiger partial charge in [-0.1, -0.05) is 71.1 Å². The number of amides is 3. The molecule has 0 aliphatic carbocycles. The molecule has 0 aromatic heterocycles. The highest BCUT2D eigenvalue weighted by Crippen LogP contribution is 2.12. The van der Waals surface area contributed by atoms with Crippen molar-refractivity contribution < 1.29 is 19.5 Å². The second kappa shape index (κ2) is 17.6. The van der Waals surface area contributed by atoms with E-state index in [2.05, 4.69) is 17.6 Å². The van der Waals surface area contributed by atoms with Crippen molar-refractivity contribution in [3.63, 3.8) is 0 Å². The Labute approximate surface area is 163 Å². The number of unbranched alkanes of at least 4 members (excludes halogenated alkanes) is 10. The van der Waals surface area contributed by atoms with Gasteiger partial charge in [0.15, 0.2) is 0 Å². The zero-order chi connectivity index (χ0) is 20.3. The largest absolute Gasteiger partial charge is 0.480 e. The number of hydrogen-bond acceptors (Lipinski definition) is 3. The smallest absolute Gasteiger partial charge is 0.326 e. The Morgan fingerprint density at radius 3 is 1.85 bits per heavy atom. The van der Waals surface area contributed by atoms with Gasteiger partial charge in [0.2, 0.25) is 5.91 Å². The highest BCUT2D eigenvalue weighted by molar-refractivity contribution is 5.83. The van der Waals surface area contributed by atoms with Crippen LogP contribution in [0.1, 0.15) is 96.8 Å². The summed E-state index contributed by atoms with van der Waals surface area (Å²) in [6, 6.07) is -1.55. The zero-order valence-electron chi connectivity index (χ0n) is 16.9. The molecule has 27 heavy (non-hydrogen) atoms. The van der Waals surface area contributed by atoms with Crippen molar-refractivity contribution in [1.82, 2.24) is 10.6 Å². The van der Waals surface area contributed by atoms with Crippen molar-refractivity contribution in [3.8, 4) is 0 Å². The summed E-state index contributed by atoms with van der Waals surface area (Å²) >= 11 is 0. The van der Waals surface area contributed by atoms with E-state index in [1.165, 1.54) is 51.4 Å². The maximum Gasteiger partial charge on any atom is 0.326 e. The van der Waals surface area contributed by atoms with Crippen LogP contribution in [0.25, 0.3) is 0 Å². The molecular weight excluding hydrogens is 346 g/mol. The number of nitrogens with two attached hydrogens (primary N) is 1. The summed E-state index contributed by atoms with van der Waals surface area (Å²) in [5.74, 6) is -1.28. The Balaban J connectivity index is 3.63. The van der Waals surface area contributed by atoms with Crippen LogP contribution in [0.5, 0.6) is 0 Å². The fourth-order valence-electron chi connectivity index (χ4n) is 2.99. The Hall–Kier alpha value is -1.79. The number of aliphatic carboxylic acids is 1. The topological polar surface area (TPSA) is 122 Å². The van der Waals surface area contributed by atoms with Crippen LogP contribution in [0.4, 0.5) is 4.79 Å². The summed E-state index contributed by atoms with van der Waals surface area (Å²) in [6.07, 6.45) is 14.4. The van der Waals surface area contributed by atoms with Gasteiger partial charge in [0.25, 0.3) is 0 Å². The molecule has 7 nitrogen and oxygen atoms in total. The van der Waals surface area contributed by atoms with Crippen LogP contribution in [0, 0.1) is 0 Å². The van der Waals surface area contributed by atoms with E-state index in [1.54, 1.807) is 0 Å². The van der Waals surface area contributed by atoms with Crippen LogP contribution in [0.2, 0.25) is 0 Å². The predicted molar refractivity (Wildman–Crippen MR) is 107 cm³/mol. The SMILES string of the molecule is CCCCCCCCCCCCCC(=O)N[C@@H](CCCNC(N)=O)C(=O)O. The number of carbonyl (C=O) groups excluding carboxylic acids is 2. The number of carboxylic acid groups (broad SMARTS) is 1. The second-order valence-electron chi connectivity index (χ2n) is 7.18. The third kappa shape index (κ3) is 17.4. The molecule has 0 heterocycles. The van der Waals surface area contributed by atoms with E-state index in [0.717, 1.165) is 19.3 Å². The van der Waals surface area contributed by atoms with E-state index in [-0.39, 0.29) is 12.3 Å². The Morgan fingerprint density at radius 2 is 1.37 bits per heavy atom. The van der Waals surface area contributed by atoms with Gasteiger partial charge in [0.1, 0.15) is 6.04 Å². The monoisotopic (exact) mass is 385 g/mol. The van der Waals surface area contributed by atoms with E-state index >= 15 is 0 Å². The maximum atomic E-state index is 11.9. The number of hydrogen-bond donors (Lipinski definition) is 4. The lowest BCUT2D eigenvalue weighted by Crippen LogP contribution is -2.41. The van der Waals surface area contributed by atoms with Crippen molar-refractivity contribution in [2.75, 3.05) is 6.54 Å². The first-order valence-corrected chi connectivity index (χ1v) is 10.5. The lowest BCUT2D eigenvalue weighted by Gasteiger charge is -2.14. The summed E-state index contributed by atoms with van der Waals surface area (Å²) in [7, 11) is 0. The first kappa shape index (κ1) is 25.2. The highest BCUT2D eigenvalue weighted by atomic mass is 16.4. The highest BCUT2D eigenvalue weighted by Gasteiger charge is 2.19. The molecule has 5 N–H and O–H groups in total. The standard InChI is InChI=1S/C20H39N3O4/c1-2-3-4-5-6-7-8-9-10-11-12-15-18(24)23-17(19(25)26)14-13-16-22-20(21)27/h17H,2-16H2,1H3,(H,23,24)(H,25,26)(H3,21,22,27)/t17-/m0/s1. The molecule has 0 saturated heterocycles. The molecular formula is C20H39N3O4. The molecule has 0 aliphatic heterocycles. The number of nitrogens with one attached hydrogen (secondary N) is 2. The zero-order valence-corrected chi connectivity index (χ0v) is 16.9. The van der Waals surface area contributed by atoms with Crippen LogP contribution in [-0.4, -0.2) is 35.6 Å². The third-order valence-corrected chi connectivity index (χ3v) is 4.61. The molecule has 0 radical (unpaired) electrons. The van der Waals surface area contributed by atoms with Crippen LogP contribution < -0.4 is 16.4 Å². The molecule has 0 aliphatic rings. The molecule has 0 spiro atoms. The van der Waals surface area contributed by atoms with Gasteiger partial charge in [-0.3, -0.25) is 4.79 Å². The molecule has 1 atom stereocenters. The average molecular weight is 386 g/mol. The fraction of sp³-hybridized carbons (Fsp3) is 0.850. The van der Waals surface area contributed by atoms with Gasteiger partial charge in [-0.25, -0.2) is 9.59 Å². The summed E-state index contributed by atoms with van der Waals surface area (Å²) in [6.45, 7) is 2.53. The average Bonchev–Trinajstić information content (AvgIpc) is 2.61. The van der Waals surface area contributed by atoms with E-state index in [4.69, 9.17) is 10.8 Å². The molecule has 0 unspecified atom stereocenters. The number of carbonyl (C=O) groups is 3. The van der Waals surface area contributed by atoms with E-state index in [1.807, 2.05) is 0 Å². The molecule has 0 aromatic rings. The Morgan fingerprint density at radius 1 is 0.852 bits per heavy atom. The molecule has 0 bridgehead atoms. The number of rotatable bonds is 18. The number of urea groups is 1. The summed E-state index contributed by atoms with van der Waals surface area (Å²) in [5.41, 5.74) is 4.94. The van der Waals surface area contributed by atoms with E-state index in [0.29, 0.717) is 19.4 Å². The van der Waals surface area contributed by atoms with Crippen LogP contribution in [-0.2, 0) is 9.59 Å². The van der Waals surface area contributed by atoms with Crippen molar-refractivity contribution in [1.29, 1.82) is 0 Å². The minimum absolute atomic E-state index is 0.221. The Kier molecular flexibility index (Phi) is 16.4. The summed E-state index contributed by atoms with van der Waals surface area (Å²) in [5, 5.41) is 14.1. The Bertz CT molecular complexity index is 416. The molecule has 0 rings (SSSR count). The van der Waals surface area contributed by atoms with Crippen molar-refractivity contribution in [2.45, 2.75) is 103 Å². The lowest BCUT2D eigenvalue weighted by molar-refractivity contribution is -0.142. The molecule has 158 valence electrons. The predicted octanol–water partition coefficient (Wildman–Crippen LogP) is 3.71. The van der Waals surface area contributed by atoms with Crippen LogP contribution in [0.15, 0.2) is 0 Å². The van der Waals surface area contributed by atoms with Crippen molar-refractivity contribution in [3.05, 3.63) is 0 Å². The fourth-order valence-corrected chi connectivity index (χ4v) is 2.99. The third-order valence-electron chi connectivity index (χ3n) is 4.61.